The van der Waals surface area contributed by atoms with Crippen LogP contribution in [0.1, 0.15) is 18.4 Å². The second-order valence-electron chi connectivity index (χ2n) is 4.45. The summed E-state index contributed by atoms with van der Waals surface area (Å²) >= 11 is 0. The van der Waals surface area contributed by atoms with E-state index in [0.29, 0.717) is 0 Å². The van der Waals surface area contributed by atoms with Crippen LogP contribution < -0.4 is 0 Å². The van der Waals surface area contributed by atoms with Crippen molar-refractivity contribution >= 4 is 16.6 Å². The number of nitro benzene ring substituents is 1. The van der Waals surface area contributed by atoms with Crippen molar-refractivity contribution in [1.82, 2.24) is 4.98 Å². The summed E-state index contributed by atoms with van der Waals surface area (Å²) in [5, 5.41) is 11.8. The van der Waals surface area contributed by atoms with Gasteiger partial charge in [0.1, 0.15) is 0 Å². The van der Waals surface area contributed by atoms with Crippen LogP contribution in [-0.2, 0) is 6.42 Å². The molecule has 82 valence electrons. The first-order valence-electron chi connectivity index (χ1n) is 5.48. The molecule has 1 aromatic carbocycles. The van der Waals surface area contributed by atoms with Gasteiger partial charge in [0.05, 0.1) is 4.92 Å². The molecule has 0 amide bonds. The summed E-state index contributed by atoms with van der Waals surface area (Å²) in [5.74, 6) is 0.730. The number of aromatic nitrogens is 1. The first-order valence-corrected chi connectivity index (χ1v) is 5.48. The average molecular weight is 216 g/mol. The van der Waals surface area contributed by atoms with Gasteiger partial charge in [0, 0.05) is 29.2 Å². The molecule has 0 unspecified atom stereocenters. The van der Waals surface area contributed by atoms with Gasteiger partial charge in [-0.3, -0.25) is 10.1 Å². The summed E-state index contributed by atoms with van der Waals surface area (Å²) in [5.41, 5.74) is 2.33. The molecule has 16 heavy (non-hydrogen) atoms. The molecule has 1 fully saturated rings. The number of H-pyrrole nitrogens is 1. The topological polar surface area (TPSA) is 58.9 Å². The summed E-state index contributed by atoms with van der Waals surface area (Å²) in [6.07, 6.45) is 5.30. The zero-order valence-corrected chi connectivity index (χ0v) is 8.77. The van der Waals surface area contributed by atoms with Crippen molar-refractivity contribution in [3.63, 3.8) is 0 Å². The molecule has 1 aliphatic carbocycles. The molecular weight excluding hydrogens is 204 g/mol. The number of nitrogens with zero attached hydrogens (tertiary/aromatic N) is 1. The number of hydrogen-bond acceptors (Lipinski definition) is 2. The van der Waals surface area contributed by atoms with Gasteiger partial charge in [-0.05, 0) is 36.8 Å². The van der Waals surface area contributed by atoms with Crippen molar-refractivity contribution in [2.45, 2.75) is 19.3 Å². The van der Waals surface area contributed by atoms with E-state index in [4.69, 9.17) is 0 Å². The Morgan fingerprint density at radius 1 is 1.44 bits per heavy atom. The van der Waals surface area contributed by atoms with Gasteiger partial charge in [0.15, 0.2) is 0 Å². The number of aromatic amines is 1. The van der Waals surface area contributed by atoms with E-state index in [9.17, 15) is 10.1 Å². The predicted octanol–water partition coefficient (Wildman–Crippen LogP) is 3.03. The fraction of sp³-hybridized carbons (Fsp3) is 0.333. The Kier molecular flexibility index (Phi) is 1.96. The number of rotatable bonds is 3. The van der Waals surface area contributed by atoms with Crippen LogP contribution in [0.15, 0.2) is 24.4 Å². The van der Waals surface area contributed by atoms with Crippen LogP contribution in [0.25, 0.3) is 10.9 Å². The van der Waals surface area contributed by atoms with Gasteiger partial charge < -0.3 is 4.98 Å². The highest BCUT2D eigenvalue weighted by Crippen LogP contribution is 2.35. The third-order valence-corrected chi connectivity index (χ3v) is 3.14. The lowest BCUT2D eigenvalue weighted by Gasteiger charge is -2.02. The SMILES string of the molecule is O=[N+]([O-])c1cc(CC2CC2)c2[nH]ccc2c1. The lowest BCUT2D eigenvalue weighted by atomic mass is 10.0. The van der Waals surface area contributed by atoms with Crippen LogP contribution in [0.4, 0.5) is 5.69 Å². The monoisotopic (exact) mass is 216 g/mol. The molecule has 0 radical (unpaired) electrons. The number of hydrogen-bond donors (Lipinski definition) is 1. The van der Waals surface area contributed by atoms with Crippen molar-refractivity contribution < 1.29 is 4.92 Å². The number of nitro groups is 1. The lowest BCUT2D eigenvalue weighted by Crippen LogP contribution is -1.93. The molecule has 1 heterocycles. The van der Waals surface area contributed by atoms with E-state index in [1.807, 2.05) is 12.3 Å². The molecule has 0 saturated heterocycles. The fourth-order valence-corrected chi connectivity index (χ4v) is 2.13. The highest BCUT2D eigenvalue weighted by molar-refractivity contribution is 5.85. The summed E-state index contributed by atoms with van der Waals surface area (Å²) in [4.78, 5) is 13.7. The Morgan fingerprint density at radius 2 is 2.25 bits per heavy atom. The summed E-state index contributed by atoms with van der Waals surface area (Å²) in [6.45, 7) is 0. The van der Waals surface area contributed by atoms with Crippen molar-refractivity contribution in [3.05, 3.63) is 40.1 Å². The molecule has 0 spiro atoms. The first kappa shape index (κ1) is 9.39. The van der Waals surface area contributed by atoms with Crippen LogP contribution in [0.5, 0.6) is 0 Å². The largest absolute Gasteiger partial charge is 0.361 e. The van der Waals surface area contributed by atoms with Gasteiger partial charge in [-0.1, -0.05) is 0 Å². The molecule has 1 saturated carbocycles. The Labute approximate surface area is 92.4 Å². The minimum Gasteiger partial charge on any atom is -0.361 e. The summed E-state index contributed by atoms with van der Waals surface area (Å²) < 4.78 is 0. The van der Waals surface area contributed by atoms with E-state index in [1.165, 1.54) is 12.8 Å². The van der Waals surface area contributed by atoms with E-state index < -0.39 is 0 Å². The number of nitrogens with one attached hydrogen (secondary N) is 1. The van der Waals surface area contributed by atoms with Gasteiger partial charge in [-0.2, -0.15) is 0 Å². The molecule has 4 heteroatoms. The Hall–Kier alpha value is -1.84. The molecule has 1 aromatic heterocycles. The molecule has 1 aliphatic rings. The summed E-state index contributed by atoms with van der Waals surface area (Å²) in [6, 6.07) is 5.22. The van der Waals surface area contributed by atoms with Crippen molar-refractivity contribution in [1.29, 1.82) is 0 Å². The molecule has 4 nitrogen and oxygen atoms in total. The maximum atomic E-state index is 10.8. The van der Waals surface area contributed by atoms with Crippen molar-refractivity contribution in [2.24, 2.45) is 5.92 Å². The normalized spacial score (nSPS) is 15.5. The van der Waals surface area contributed by atoms with E-state index in [1.54, 1.807) is 12.1 Å². The van der Waals surface area contributed by atoms with Crippen LogP contribution in [0, 0.1) is 16.0 Å². The van der Waals surface area contributed by atoms with Crippen LogP contribution in [0.2, 0.25) is 0 Å². The van der Waals surface area contributed by atoms with Crippen LogP contribution in [0.3, 0.4) is 0 Å². The highest BCUT2D eigenvalue weighted by atomic mass is 16.6. The maximum Gasteiger partial charge on any atom is 0.270 e. The fourth-order valence-electron chi connectivity index (χ4n) is 2.13. The van der Waals surface area contributed by atoms with Gasteiger partial charge >= 0.3 is 0 Å². The van der Waals surface area contributed by atoms with Crippen molar-refractivity contribution in [2.75, 3.05) is 0 Å². The van der Waals surface area contributed by atoms with E-state index >= 15 is 0 Å². The number of non-ortho nitro benzene ring substituents is 1. The standard InChI is InChI=1S/C12H12N2O2/c15-14(16)11-6-9-3-4-13-12(9)10(7-11)5-8-1-2-8/h3-4,6-8,13H,1-2,5H2. The van der Waals surface area contributed by atoms with Crippen LogP contribution >= 0.6 is 0 Å². The zero-order valence-electron chi connectivity index (χ0n) is 8.77. The van der Waals surface area contributed by atoms with Crippen molar-refractivity contribution in [3.8, 4) is 0 Å². The molecule has 0 aliphatic heterocycles. The van der Waals surface area contributed by atoms with Gasteiger partial charge in [0.25, 0.3) is 5.69 Å². The molecule has 1 N–H and O–H groups in total. The smallest absolute Gasteiger partial charge is 0.270 e. The predicted molar refractivity (Wildman–Crippen MR) is 61.4 cm³/mol. The number of fused-ring (bicyclic) bond motifs is 1. The minimum atomic E-state index is -0.317. The zero-order chi connectivity index (χ0) is 11.1. The third kappa shape index (κ3) is 1.56. The number of benzene rings is 1. The summed E-state index contributed by atoms with van der Waals surface area (Å²) in [7, 11) is 0. The maximum absolute atomic E-state index is 10.8. The molecule has 0 atom stereocenters. The third-order valence-electron chi connectivity index (χ3n) is 3.14. The minimum absolute atomic E-state index is 0.197. The van der Waals surface area contributed by atoms with E-state index in [-0.39, 0.29) is 10.6 Å². The first-order chi connectivity index (χ1) is 7.74. The van der Waals surface area contributed by atoms with Gasteiger partial charge in [-0.25, -0.2) is 0 Å². The Bertz CT molecular complexity index is 555. The quantitative estimate of drug-likeness (QED) is 0.633. The molecule has 2 aromatic rings. The van der Waals surface area contributed by atoms with Crippen LogP contribution in [-0.4, -0.2) is 9.91 Å². The van der Waals surface area contributed by atoms with E-state index in [0.717, 1.165) is 28.8 Å². The molecule has 3 rings (SSSR count). The highest BCUT2D eigenvalue weighted by Gasteiger charge is 2.23. The Balaban J connectivity index is 2.13. The second kappa shape index (κ2) is 3.33. The average Bonchev–Trinajstić information content (AvgIpc) is 2.93. The second-order valence-corrected chi connectivity index (χ2v) is 4.45. The van der Waals surface area contributed by atoms with Gasteiger partial charge in [0.2, 0.25) is 0 Å². The van der Waals surface area contributed by atoms with E-state index in [2.05, 4.69) is 4.98 Å². The Morgan fingerprint density at radius 3 is 2.94 bits per heavy atom. The molecular formula is C12H12N2O2. The lowest BCUT2D eigenvalue weighted by molar-refractivity contribution is -0.384. The molecule has 0 bridgehead atoms. The van der Waals surface area contributed by atoms with Gasteiger partial charge in [-0.15, -0.1) is 0 Å².